The highest BCUT2D eigenvalue weighted by molar-refractivity contribution is 9.10. The van der Waals surface area contributed by atoms with Gasteiger partial charge in [-0.15, -0.1) is 11.3 Å². The van der Waals surface area contributed by atoms with Crippen LogP contribution in [-0.2, 0) is 9.84 Å². The molecule has 1 saturated heterocycles. The number of aryl methyl sites for hydroxylation is 1. The van der Waals surface area contributed by atoms with Crippen LogP contribution in [0.25, 0.3) is 0 Å². The van der Waals surface area contributed by atoms with E-state index in [-0.39, 0.29) is 11.3 Å². The van der Waals surface area contributed by atoms with Gasteiger partial charge in [0.2, 0.25) is 0 Å². The molecule has 2 rings (SSSR count). The minimum absolute atomic E-state index is 0.0600. The van der Waals surface area contributed by atoms with Crippen LogP contribution in [0.15, 0.2) is 10.5 Å². The van der Waals surface area contributed by atoms with Gasteiger partial charge in [-0.2, -0.15) is 0 Å². The summed E-state index contributed by atoms with van der Waals surface area (Å²) in [5, 5.41) is 3.19. The fourth-order valence-electron chi connectivity index (χ4n) is 2.70. The molecule has 2 heterocycles. The number of hydrogen-bond acceptors (Lipinski definition) is 4. The van der Waals surface area contributed by atoms with Crippen molar-refractivity contribution in [1.82, 2.24) is 5.32 Å². The van der Waals surface area contributed by atoms with E-state index < -0.39 is 9.84 Å². The third kappa shape index (κ3) is 3.64. The summed E-state index contributed by atoms with van der Waals surface area (Å²) in [6.07, 6.45) is 3.61. The number of rotatable bonds is 5. The monoisotopic (exact) mass is 379 g/mol. The first-order chi connectivity index (χ1) is 9.45. The molecule has 0 aromatic carbocycles. The van der Waals surface area contributed by atoms with Crippen molar-refractivity contribution in [2.45, 2.75) is 50.8 Å². The van der Waals surface area contributed by atoms with Gasteiger partial charge in [-0.1, -0.05) is 13.3 Å². The van der Waals surface area contributed by atoms with E-state index in [9.17, 15) is 8.42 Å². The van der Waals surface area contributed by atoms with Gasteiger partial charge in [0.15, 0.2) is 9.84 Å². The first-order valence-electron chi connectivity index (χ1n) is 7.16. The summed E-state index contributed by atoms with van der Waals surface area (Å²) in [5.41, 5.74) is 0. The van der Waals surface area contributed by atoms with Crippen LogP contribution in [0.3, 0.4) is 0 Å². The Kier molecular flexibility index (Phi) is 5.68. The maximum absolute atomic E-state index is 12.4. The maximum Gasteiger partial charge on any atom is 0.155 e. The summed E-state index contributed by atoms with van der Waals surface area (Å²) in [6, 6.07) is 2.02. The Morgan fingerprint density at radius 1 is 1.50 bits per heavy atom. The van der Waals surface area contributed by atoms with E-state index >= 15 is 0 Å². The van der Waals surface area contributed by atoms with Crippen LogP contribution in [0.2, 0.25) is 0 Å². The Balaban J connectivity index is 2.31. The summed E-state index contributed by atoms with van der Waals surface area (Å²) in [4.78, 5) is 2.34. The predicted molar refractivity (Wildman–Crippen MR) is 89.2 cm³/mol. The van der Waals surface area contributed by atoms with E-state index in [2.05, 4.69) is 41.2 Å². The Morgan fingerprint density at radius 2 is 2.25 bits per heavy atom. The third-order valence-electron chi connectivity index (χ3n) is 3.80. The van der Waals surface area contributed by atoms with Gasteiger partial charge in [-0.05, 0) is 54.7 Å². The molecule has 20 heavy (non-hydrogen) atoms. The van der Waals surface area contributed by atoms with Crippen molar-refractivity contribution in [3.8, 4) is 0 Å². The minimum Gasteiger partial charge on any atom is -0.308 e. The summed E-state index contributed by atoms with van der Waals surface area (Å²) in [6.45, 7) is 5.02. The zero-order valence-electron chi connectivity index (χ0n) is 12.0. The van der Waals surface area contributed by atoms with Gasteiger partial charge in [-0.3, -0.25) is 0 Å². The van der Waals surface area contributed by atoms with Gasteiger partial charge in [0, 0.05) is 14.2 Å². The molecule has 1 aliphatic rings. The number of halogens is 1. The van der Waals surface area contributed by atoms with Gasteiger partial charge in [0.25, 0.3) is 0 Å². The van der Waals surface area contributed by atoms with Gasteiger partial charge in [0.1, 0.15) is 0 Å². The van der Waals surface area contributed by atoms with Crippen molar-refractivity contribution in [3.05, 3.63) is 20.3 Å². The molecule has 1 aromatic heterocycles. The lowest BCUT2D eigenvalue weighted by atomic mass is 10.1. The van der Waals surface area contributed by atoms with Crippen LogP contribution in [0, 0.1) is 6.92 Å². The minimum atomic E-state index is -2.98. The second kappa shape index (κ2) is 6.90. The first-order valence-corrected chi connectivity index (χ1v) is 10.5. The maximum atomic E-state index is 12.4. The smallest absolute Gasteiger partial charge is 0.155 e. The van der Waals surface area contributed by atoms with Crippen LogP contribution in [0.1, 0.15) is 48.4 Å². The van der Waals surface area contributed by atoms with Crippen LogP contribution < -0.4 is 5.32 Å². The zero-order valence-corrected chi connectivity index (χ0v) is 15.2. The van der Waals surface area contributed by atoms with Crippen LogP contribution in [-0.4, -0.2) is 26.0 Å². The summed E-state index contributed by atoms with van der Waals surface area (Å²) >= 11 is 5.23. The number of hydrogen-bond donors (Lipinski definition) is 1. The first kappa shape index (κ1) is 16.5. The zero-order chi connectivity index (χ0) is 14.8. The highest BCUT2D eigenvalue weighted by Crippen LogP contribution is 2.37. The van der Waals surface area contributed by atoms with Gasteiger partial charge < -0.3 is 5.32 Å². The summed E-state index contributed by atoms with van der Waals surface area (Å²) in [7, 11) is -2.98. The molecule has 2 unspecified atom stereocenters. The van der Waals surface area contributed by atoms with Crippen molar-refractivity contribution in [2.75, 3.05) is 12.3 Å². The van der Waals surface area contributed by atoms with Gasteiger partial charge in [0.05, 0.1) is 17.0 Å². The van der Waals surface area contributed by atoms with Crippen molar-refractivity contribution in [1.29, 1.82) is 0 Å². The third-order valence-corrected chi connectivity index (χ3v) is 8.31. The average Bonchev–Trinajstić information content (AvgIpc) is 2.71. The van der Waals surface area contributed by atoms with Crippen molar-refractivity contribution < 1.29 is 8.42 Å². The highest BCUT2D eigenvalue weighted by atomic mass is 79.9. The van der Waals surface area contributed by atoms with Crippen molar-refractivity contribution in [3.63, 3.8) is 0 Å². The standard InChI is InChI=1S/C14H22BrNO2S2/c1-3-7-16-14(12-9-11(15)10(2)19-12)13-6-4-5-8-20(13,17)18/h9,13-14,16H,3-8H2,1-2H3. The number of thiophene rings is 1. The molecule has 0 bridgehead atoms. The number of sulfone groups is 1. The van der Waals surface area contributed by atoms with Crippen LogP contribution >= 0.6 is 27.3 Å². The molecule has 1 N–H and O–H groups in total. The van der Waals surface area contributed by atoms with Crippen LogP contribution in [0.5, 0.6) is 0 Å². The lowest BCUT2D eigenvalue weighted by molar-refractivity contribution is 0.451. The normalized spacial score (nSPS) is 23.6. The van der Waals surface area contributed by atoms with E-state index in [1.54, 1.807) is 11.3 Å². The molecule has 0 saturated carbocycles. The Bertz CT molecular complexity index is 534. The Hall–Kier alpha value is 0.0900. The molecule has 2 atom stereocenters. The van der Waals surface area contributed by atoms with E-state index in [0.717, 1.165) is 41.6 Å². The SMILES string of the molecule is CCCNC(c1cc(Br)c(C)s1)C1CCCCS1(=O)=O. The fourth-order valence-corrected chi connectivity index (χ4v) is 6.58. The topological polar surface area (TPSA) is 46.2 Å². The van der Waals surface area contributed by atoms with E-state index in [0.29, 0.717) is 5.75 Å². The second-order valence-corrected chi connectivity index (χ2v) is 9.87. The molecule has 0 radical (unpaired) electrons. The molecular weight excluding hydrogens is 358 g/mol. The molecule has 0 amide bonds. The molecule has 0 spiro atoms. The summed E-state index contributed by atoms with van der Waals surface area (Å²) < 4.78 is 25.9. The lowest BCUT2D eigenvalue weighted by Crippen LogP contribution is -2.40. The Morgan fingerprint density at radius 3 is 2.80 bits per heavy atom. The molecule has 114 valence electrons. The Labute approximate surface area is 134 Å². The van der Waals surface area contributed by atoms with Gasteiger partial charge in [-0.25, -0.2) is 8.42 Å². The summed E-state index contributed by atoms with van der Waals surface area (Å²) in [5.74, 6) is 0.341. The molecule has 6 heteroatoms. The van der Waals surface area contributed by atoms with E-state index in [1.807, 2.05) is 0 Å². The van der Waals surface area contributed by atoms with E-state index in [1.165, 1.54) is 4.88 Å². The average molecular weight is 380 g/mol. The molecule has 0 aliphatic carbocycles. The second-order valence-electron chi connectivity index (χ2n) is 5.39. The fraction of sp³-hybridized carbons (Fsp3) is 0.714. The van der Waals surface area contributed by atoms with Crippen LogP contribution in [0.4, 0.5) is 0 Å². The lowest BCUT2D eigenvalue weighted by Gasteiger charge is -2.30. The molecule has 3 nitrogen and oxygen atoms in total. The van der Waals surface area contributed by atoms with E-state index in [4.69, 9.17) is 0 Å². The highest BCUT2D eigenvalue weighted by Gasteiger charge is 2.36. The molecule has 1 fully saturated rings. The quantitative estimate of drug-likeness (QED) is 0.845. The molecule has 1 aromatic rings. The van der Waals surface area contributed by atoms with Gasteiger partial charge >= 0.3 is 0 Å². The number of nitrogens with one attached hydrogen (secondary N) is 1. The largest absolute Gasteiger partial charge is 0.308 e. The molecular formula is C14H22BrNO2S2. The molecule has 1 aliphatic heterocycles. The predicted octanol–water partition coefficient (Wildman–Crippen LogP) is 3.83. The van der Waals surface area contributed by atoms with Crippen molar-refractivity contribution in [2.24, 2.45) is 0 Å². The van der Waals surface area contributed by atoms with Crippen molar-refractivity contribution >= 4 is 37.1 Å².